The summed E-state index contributed by atoms with van der Waals surface area (Å²) in [4.78, 5) is -0.0364. The van der Waals surface area contributed by atoms with Gasteiger partial charge in [0.15, 0.2) is 0 Å². The number of sulfonamides is 1. The molecule has 1 aliphatic rings. The van der Waals surface area contributed by atoms with E-state index in [1.807, 2.05) is 6.92 Å². The number of rotatable bonds is 4. The Labute approximate surface area is 114 Å². The summed E-state index contributed by atoms with van der Waals surface area (Å²) in [7, 11) is -3.67. The highest BCUT2D eigenvalue weighted by molar-refractivity contribution is 9.10. The molecule has 7 heteroatoms. The molecule has 3 N–H and O–H groups in total. The summed E-state index contributed by atoms with van der Waals surface area (Å²) in [6.45, 7) is 2.41. The van der Waals surface area contributed by atoms with Crippen LogP contribution in [-0.2, 0) is 10.0 Å². The maximum Gasteiger partial charge on any atom is 0.241 e. The second kappa shape index (κ2) is 4.47. The Morgan fingerprint density at radius 2 is 2.11 bits per heavy atom. The van der Waals surface area contributed by atoms with Crippen LogP contribution in [0.1, 0.15) is 19.8 Å². The molecule has 4 nitrogen and oxygen atoms in total. The third-order valence-corrected chi connectivity index (χ3v) is 5.49. The Morgan fingerprint density at radius 1 is 1.50 bits per heavy atom. The molecule has 0 amide bonds. The third kappa shape index (κ3) is 2.84. The minimum Gasteiger partial charge on any atom is -0.396 e. The Hall–Kier alpha value is -0.660. The molecule has 0 heterocycles. The van der Waals surface area contributed by atoms with Gasteiger partial charge in [-0.05, 0) is 46.3 Å². The van der Waals surface area contributed by atoms with Crippen LogP contribution >= 0.6 is 15.9 Å². The summed E-state index contributed by atoms with van der Waals surface area (Å²) in [6.07, 6.45) is 2.03. The molecule has 1 aliphatic carbocycles. The van der Waals surface area contributed by atoms with Crippen LogP contribution in [0.25, 0.3) is 0 Å². The topological polar surface area (TPSA) is 72.2 Å². The Balaban J connectivity index is 2.26. The summed E-state index contributed by atoms with van der Waals surface area (Å²) in [5.41, 5.74) is 5.27. The minimum absolute atomic E-state index is 0.0364. The van der Waals surface area contributed by atoms with Gasteiger partial charge in [-0.3, -0.25) is 0 Å². The zero-order valence-corrected chi connectivity index (χ0v) is 12.2. The van der Waals surface area contributed by atoms with Crippen molar-refractivity contribution in [1.82, 2.24) is 4.72 Å². The summed E-state index contributed by atoms with van der Waals surface area (Å²) < 4.78 is 40.0. The molecule has 100 valence electrons. The highest BCUT2D eigenvalue weighted by atomic mass is 79.9. The van der Waals surface area contributed by atoms with E-state index in [2.05, 4.69) is 20.7 Å². The van der Waals surface area contributed by atoms with Crippen LogP contribution in [0.4, 0.5) is 10.1 Å². The first-order valence-electron chi connectivity index (χ1n) is 5.48. The summed E-state index contributed by atoms with van der Waals surface area (Å²) in [5, 5.41) is 0. The van der Waals surface area contributed by atoms with Gasteiger partial charge in [0.25, 0.3) is 0 Å². The first-order valence-corrected chi connectivity index (χ1v) is 7.75. The van der Waals surface area contributed by atoms with Crippen LogP contribution in [0.3, 0.4) is 0 Å². The smallest absolute Gasteiger partial charge is 0.241 e. The monoisotopic (exact) mass is 336 g/mol. The van der Waals surface area contributed by atoms with E-state index in [4.69, 9.17) is 5.73 Å². The zero-order chi connectivity index (χ0) is 13.6. The summed E-state index contributed by atoms with van der Waals surface area (Å²) in [5.74, 6) is -0.644. The molecule has 1 aromatic rings. The number of anilines is 1. The third-order valence-electron chi connectivity index (χ3n) is 3.13. The van der Waals surface area contributed by atoms with E-state index in [1.165, 1.54) is 0 Å². The SMILES string of the molecule is CC1(CNS(=O)(=O)c2cc(N)c(F)cc2Br)CC1. The number of nitrogen functional groups attached to an aromatic ring is 1. The lowest BCUT2D eigenvalue weighted by molar-refractivity contribution is 0.530. The molecule has 2 rings (SSSR count). The van der Waals surface area contributed by atoms with Crippen molar-refractivity contribution < 1.29 is 12.8 Å². The van der Waals surface area contributed by atoms with E-state index in [9.17, 15) is 12.8 Å². The van der Waals surface area contributed by atoms with Gasteiger partial charge in [-0.15, -0.1) is 0 Å². The molecule has 1 saturated carbocycles. The molecule has 0 radical (unpaired) electrons. The van der Waals surface area contributed by atoms with Crippen LogP contribution in [0.2, 0.25) is 0 Å². The number of nitrogens with one attached hydrogen (secondary N) is 1. The van der Waals surface area contributed by atoms with Gasteiger partial charge in [0.05, 0.1) is 10.6 Å². The van der Waals surface area contributed by atoms with Crippen molar-refractivity contribution in [2.45, 2.75) is 24.7 Å². The van der Waals surface area contributed by atoms with E-state index in [0.29, 0.717) is 6.54 Å². The van der Waals surface area contributed by atoms with Gasteiger partial charge in [-0.2, -0.15) is 0 Å². The normalized spacial score (nSPS) is 17.7. The molecule has 0 aliphatic heterocycles. The first-order chi connectivity index (χ1) is 8.23. The lowest BCUT2D eigenvalue weighted by Crippen LogP contribution is -2.29. The van der Waals surface area contributed by atoms with Crippen molar-refractivity contribution in [1.29, 1.82) is 0 Å². The number of halogens is 2. The van der Waals surface area contributed by atoms with Crippen LogP contribution < -0.4 is 10.5 Å². The number of benzene rings is 1. The molecular weight excluding hydrogens is 323 g/mol. The fraction of sp³-hybridized carbons (Fsp3) is 0.455. The van der Waals surface area contributed by atoms with Crippen LogP contribution in [0.15, 0.2) is 21.5 Å². The molecule has 18 heavy (non-hydrogen) atoms. The number of hydrogen-bond acceptors (Lipinski definition) is 3. The Kier molecular flexibility index (Phi) is 3.42. The van der Waals surface area contributed by atoms with Gasteiger partial charge >= 0.3 is 0 Å². The van der Waals surface area contributed by atoms with Gasteiger partial charge in [-0.1, -0.05) is 6.92 Å². The fourth-order valence-corrected chi connectivity index (χ4v) is 3.73. The molecule has 0 saturated heterocycles. The van der Waals surface area contributed by atoms with E-state index in [1.54, 1.807) is 0 Å². The van der Waals surface area contributed by atoms with Crippen molar-refractivity contribution in [3.63, 3.8) is 0 Å². The Bertz CT molecular complexity index is 585. The standard InChI is InChI=1S/C11H14BrFN2O2S/c1-11(2-3-11)6-15-18(16,17)10-5-9(14)8(13)4-7(10)12/h4-5,15H,2-3,6,14H2,1H3. The average molecular weight is 337 g/mol. The fourth-order valence-electron chi connectivity index (χ4n) is 1.49. The molecule has 1 aromatic carbocycles. The van der Waals surface area contributed by atoms with Gasteiger partial charge in [0, 0.05) is 11.0 Å². The van der Waals surface area contributed by atoms with Crippen molar-refractivity contribution in [2.75, 3.05) is 12.3 Å². The van der Waals surface area contributed by atoms with Crippen molar-refractivity contribution in [2.24, 2.45) is 5.41 Å². The molecule has 0 atom stereocenters. The number of nitrogens with two attached hydrogens (primary N) is 1. The predicted molar refractivity (Wildman–Crippen MR) is 71.0 cm³/mol. The van der Waals surface area contributed by atoms with Gasteiger partial charge in [-0.25, -0.2) is 17.5 Å². The van der Waals surface area contributed by atoms with Crippen LogP contribution in [0, 0.1) is 11.2 Å². The molecular formula is C11H14BrFN2O2S. The second-order valence-electron chi connectivity index (χ2n) is 4.94. The largest absolute Gasteiger partial charge is 0.396 e. The predicted octanol–water partition coefficient (Wildman–Crippen LogP) is 2.25. The van der Waals surface area contributed by atoms with Crippen molar-refractivity contribution in [3.05, 3.63) is 22.4 Å². The molecule has 0 bridgehead atoms. The maximum absolute atomic E-state index is 13.2. The molecule has 0 unspecified atom stereocenters. The van der Waals surface area contributed by atoms with E-state index < -0.39 is 15.8 Å². The van der Waals surface area contributed by atoms with Crippen LogP contribution in [-0.4, -0.2) is 15.0 Å². The first kappa shape index (κ1) is 13.8. The minimum atomic E-state index is -3.67. The average Bonchev–Trinajstić information content (AvgIpc) is 3.00. The van der Waals surface area contributed by atoms with E-state index in [-0.39, 0.29) is 20.5 Å². The van der Waals surface area contributed by atoms with Crippen LogP contribution in [0.5, 0.6) is 0 Å². The van der Waals surface area contributed by atoms with Gasteiger partial charge in [0.1, 0.15) is 5.82 Å². The maximum atomic E-state index is 13.2. The molecule has 1 fully saturated rings. The van der Waals surface area contributed by atoms with Gasteiger partial charge < -0.3 is 5.73 Å². The number of hydrogen-bond donors (Lipinski definition) is 2. The molecule has 0 aromatic heterocycles. The summed E-state index contributed by atoms with van der Waals surface area (Å²) in [6, 6.07) is 2.18. The molecule has 0 spiro atoms. The van der Waals surface area contributed by atoms with Gasteiger partial charge in [0.2, 0.25) is 10.0 Å². The lowest BCUT2D eigenvalue weighted by Gasteiger charge is -2.12. The lowest BCUT2D eigenvalue weighted by atomic mass is 10.2. The highest BCUT2D eigenvalue weighted by Gasteiger charge is 2.38. The second-order valence-corrected chi connectivity index (χ2v) is 7.53. The highest BCUT2D eigenvalue weighted by Crippen LogP contribution is 2.44. The van der Waals surface area contributed by atoms with Crippen molar-refractivity contribution >= 4 is 31.6 Å². The summed E-state index contributed by atoms with van der Waals surface area (Å²) >= 11 is 3.04. The van der Waals surface area contributed by atoms with E-state index in [0.717, 1.165) is 25.0 Å². The zero-order valence-electron chi connectivity index (χ0n) is 9.83. The Morgan fingerprint density at radius 3 is 2.67 bits per heavy atom. The van der Waals surface area contributed by atoms with E-state index >= 15 is 0 Å². The van der Waals surface area contributed by atoms with Crippen molar-refractivity contribution in [3.8, 4) is 0 Å². The quantitative estimate of drug-likeness (QED) is 0.828.